The number of carbonyl (C=O) groups is 1. The minimum absolute atomic E-state index is 0.109. The average molecular weight is 283 g/mol. The molecule has 1 aliphatic rings. The number of hydrogen-bond donors (Lipinski definition) is 1. The first-order chi connectivity index (χ1) is 8.74. The van der Waals surface area contributed by atoms with Crippen molar-refractivity contribution < 1.29 is 4.79 Å². The number of rotatable bonds is 2. The number of primary amides is 1. The molecule has 1 amide bonds. The van der Waals surface area contributed by atoms with Crippen LogP contribution in [0.3, 0.4) is 0 Å². The third-order valence-electron chi connectivity index (χ3n) is 3.89. The Morgan fingerprint density at radius 1 is 1.53 bits per heavy atom. The van der Waals surface area contributed by atoms with E-state index >= 15 is 0 Å². The zero-order chi connectivity index (χ0) is 14.4. The summed E-state index contributed by atoms with van der Waals surface area (Å²) in [6.45, 7) is 8.56. The van der Waals surface area contributed by atoms with E-state index in [1.54, 1.807) is 0 Å². The molecule has 0 aromatic carbocycles. The Labute approximate surface area is 118 Å². The number of aromatic nitrogens is 2. The van der Waals surface area contributed by atoms with Crippen LogP contribution in [-0.4, -0.2) is 27.5 Å². The molecule has 2 heterocycles. The van der Waals surface area contributed by atoms with Crippen LogP contribution in [0.2, 0.25) is 5.15 Å². The minimum Gasteiger partial charge on any atom is -0.364 e. The number of amides is 1. The zero-order valence-electron chi connectivity index (χ0n) is 11.6. The Bertz CT molecular complexity index is 517. The highest BCUT2D eigenvalue weighted by atomic mass is 35.5. The van der Waals surface area contributed by atoms with Crippen molar-refractivity contribution >= 4 is 23.3 Å². The highest BCUT2D eigenvalue weighted by molar-refractivity contribution is 6.29. The molecule has 2 N–H and O–H groups in total. The molecule has 6 heteroatoms. The zero-order valence-corrected chi connectivity index (χ0v) is 12.4. The van der Waals surface area contributed by atoms with Gasteiger partial charge in [-0.2, -0.15) is 0 Å². The van der Waals surface area contributed by atoms with Gasteiger partial charge in [0.25, 0.3) is 5.91 Å². The first-order valence-electron chi connectivity index (χ1n) is 6.35. The molecule has 19 heavy (non-hydrogen) atoms. The SMILES string of the molecule is C[C@H]1CC(C)(C)N(c2nc(Cl)cnc2C(N)=O)[C@H]1C. The first-order valence-corrected chi connectivity index (χ1v) is 6.73. The second kappa shape index (κ2) is 4.63. The van der Waals surface area contributed by atoms with Gasteiger partial charge in [-0.1, -0.05) is 18.5 Å². The molecule has 1 aromatic rings. The Morgan fingerprint density at radius 2 is 2.16 bits per heavy atom. The summed E-state index contributed by atoms with van der Waals surface area (Å²) in [5.74, 6) is 0.403. The summed E-state index contributed by atoms with van der Waals surface area (Å²) in [5.41, 5.74) is 5.46. The molecule has 1 saturated heterocycles. The normalized spacial score (nSPS) is 25.6. The van der Waals surface area contributed by atoms with Crippen molar-refractivity contribution in [1.82, 2.24) is 9.97 Å². The van der Waals surface area contributed by atoms with E-state index in [2.05, 4.69) is 42.6 Å². The van der Waals surface area contributed by atoms with Gasteiger partial charge in [0.1, 0.15) is 5.15 Å². The van der Waals surface area contributed by atoms with E-state index in [0.717, 1.165) is 6.42 Å². The van der Waals surface area contributed by atoms with Gasteiger partial charge in [-0.15, -0.1) is 0 Å². The van der Waals surface area contributed by atoms with Crippen LogP contribution in [0.15, 0.2) is 6.20 Å². The molecule has 1 fully saturated rings. The van der Waals surface area contributed by atoms with Gasteiger partial charge in [-0.3, -0.25) is 4.79 Å². The largest absolute Gasteiger partial charge is 0.364 e. The summed E-state index contributed by atoms with van der Waals surface area (Å²) in [7, 11) is 0. The number of nitrogens with zero attached hydrogens (tertiary/aromatic N) is 3. The number of anilines is 1. The Balaban J connectivity index is 2.57. The van der Waals surface area contributed by atoms with Gasteiger partial charge in [0.05, 0.1) is 6.20 Å². The Kier molecular flexibility index (Phi) is 3.43. The van der Waals surface area contributed by atoms with Crippen molar-refractivity contribution in [2.45, 2.75) is 45.7 Å². The fraction of sp³-hybridized carbons (Fsp3) is 0.615. The van der Waals surface area contributed by atoms with E-state index in [4.69, 9.17) is 17.3 Å². The second-order valence-corrected chi connectivity index (χ2v) is 6.22. The van der Waals surface area contributed by atoms with Crippen LogP contribution in [0, 0.1) is 5.92 Å². The topological polar surface area (TPSA) is 72.1 Å². The third kappa shape index (κ3) is 2.39. The molecule has 2 rings (SSSR count). The number of nitrogens with two attached hydrogens (primary N) is 1. The van der Waals surface area contributed by atoms with Gasteiger partial charge in [0.15, 0.2) is 11.5 Å². The Morgan fingerprint density at radius 3 is 2.63 bits per heavy atom. The smallest absolute Gasteiger partial charge is 0.271 e. The van der Waals surface area contributed by atoms with Crippen LogP contribution < -0.4 is 10.6 Å². The highest BCUT2D eigenvalue weighted by Crippen LogP contribution is 2.41. The molecule has 0 unspecified atom stereocenters. The van der Waals surface area contributed by atoms with Crippen LogP contribution >= 0.6 is 11.6 Å². The summed E-state index contributed by atoms with van der Waals surface area (Å²) < 4.78 is 0. The van der Waals surface area contributed by atoms with Crippen molar-refractivity contribution in [1.29, 1.82) is 0 Å². The molecule has 0 aliphatic carbocycles. The van der Waals surface area contributed by atoms with Crippen molar-refractivity contribution in [2.75, 3.05) is 4.90 Å². The molecular weight excluding hydrogens is 264 g/mol. The molecule has 0 radical (unpaired) electrons. The van der Waals surface area contributed by atoms with E-state index in [9.17, 15) is 4.79 Å². The predicted molar refractivity (Wildman–Crippen MR) is 75.4 cm³/mol. The van der Waals surface area contributed by atoms with Gasteiger partial charge < -0.3 is 10.6 Å². The molecule has 0 bridgehead atoms. The van der Waals surface area contributed by atoms with E-state index in [-0.39, 0.29) is 22.4 Å². The predicted octanol–water partition coefficient (Wildman–Crippen LogP) is 2.24. The molecule has 0 saturated carbocycles. The van der Waals surface area contributed by atoms with Gasteiger partial charge >= 0.3 is 0 Å². The molecule has 1 aliphatic heterocycles. The van der Waals surface area contributed by atoms with Gasteiger partial charge in [0, 0.05) is 11.6 Å². The van der Waals surface area contributed by atoms with Gasteiger partial charge in [-0.25, -0.2) is 9.97 Å². The van der Waals surface area contributed by atoms with Crippen molar-refractivity contribution in [3.8, 4) is 0 Å². The number of halogens is 1. The van der Waals surface area contributed by atoms with Gasteiger partial charge in [0.2, 0.25) is 0 Å². The van der Waals surface area contributed by atoms with Crippen LogP contribution in [0.5, 0.6) is 0 Å². The summed E-state index contributed by atoms with van der Waals surface area (Å²) in [4.78, 5) is 22.0. The maximum Gasteiger partial charge on any atom is 0.271 e. The molecule has 2 atom stereocenters. The quantitative estimate of drug-likeness (QED) is 0.903. The lowest BCUT2D eigenvalue weighted by Gasteiger charge is -2.36. The van der Waals surface area contributed by atoms with E-state index < -0.39 is 5.91 Å². The fourth-order valence-electron chi connectivity index (χ4n) is 3.04. The van der Waals surface area contributed by atoms with Crippen molar-refractivity contribution in [3.63, 3.8) is 0 Å². The summed E-state index contributed by atoms with van der Waals surface area (Å²) >= 11 is 5.92. The lowest BCUT2D eigenvalue weighted by molar-refractivity contribution is 0.0995. The van der Waals surface area contributed by atoms with Crippen molar-refractivity contribution in [2.24, 2.45) is 11.7 Å². The standard InChI is InChI=1S/C13H19ClN4O/c1-7-5-13(3,4)18(8(7)2)12-10(11(15)19)16-6-9(14)17-12/h6-8H,5H2,1-4H3,(H2,15,19)/t7-,8-/m0/s1. The van der Waals surface area contributed by atoms with E-state index in [1.165, 1.54) is 6.20 Å². The van der Waals surface area contributed by atoms with E-state index in [1.807, 2.05) is 0 Å². The maximum absolute atomic E-state index is 11.5. The van der Waals surface area contributed by atoms with E-state index in [0.29, 0.717) is 11.7 Å². The maximum atomic E-state index is 11.5. The second-order valence-electron chi connectivity index (χ2n) is 5.83. The number of hydrogen-bond acceptors (Lipinski definition) is 4. The fourth-order valence-corrected chi connectivity index (χ4v) is 3.17. The average Bonchev–Trinajstić information content (AvgIpc) is 2.47. The molecule has 104 valence electrons. The third-order valence-corrected chi connectivity index (χ3v) is 4.07. The van der Waals surface area contributed by atoms with Crippen LogP contribution in [-0.2, 0) is 0 Å². The van der Waals surface area contributed by atoms with Gasteiger partial charge in [-0.05, 0) is 33.1 Å². The van der Waals surface area contributed by atoms with Crippen LogP contribution in [0.25, 0.3) is 0 Å². The highest BCUT2D eigenvalue weighted by Gasteiger charge is 2.44. The molecule has 1 aromatic heterocycles. The first kappa shape index (κ1) is 14.1. The summed E-state index contributed by atoms with van der Waals surface area (Å²) in [6, 6.07) is 0.251. The monoisotopic (exact) mass is 282 g/mol. The van der Waals surface area contributed by atoms with Crippen LogP contribution in [0.1, 0.15) is 44.6 Å². The lowest BCUT2D eigenvalue weighted by atomic mass is 9.96. The minimum atomic E-state index is -0.582. The summed E-state index contributed by atoms with van der Waals surface area (Å²) in [6.07, 6.45) is 2.36. The summed E-state index contributed by atoms with van der Waals surface area (Å²) in [5, 5.41) is 0.266. The van der Waals surface area contributed by atoms with Crippen LogP contribution in [0.4, 0.5) is 5.82 Å². The molecule has 0 spiro atoms. The lowest BCUT2D eigenvalue weighted by Crippen LogP contribution is -2.44. The molecular formula is C13H19ClN4O. The van der Waals surface area contributed by atoms with Crippen molar-refractivity contribution in [3.05, 3.63) is 17.0 Å². The Hall–Kier alpha value is -1.36. The molecule has 5 nitrogen and oxygen atoms in total. The number of carbonyl (C=O) groups excluding carboxylic acids is 1.